The van der Waals surface area contributed by atoms with E-state index < -0.39 is 129 Å². The second-order valence-corrected chi connectivity index (χ2v) is 31.4. The molecule has 20 atom stereocenters. The SMILES string of the molecule is CC(=O)N[C@H]1C(OCc2ccccc2)O[C@H](COCc2ccccc2)[C@@H](O[C@@H]2O[C@H](COCc3ccccc3)[C@H](OCc3ccccc3)[C@H](OCc3ccccc3)[C@H]2O[C@@H]2O[C@@H](C)[C@@H](OCc3ccccc3)[C@@H](OCc3ccccc3)[C@@H]2OCc2ccccc2)[C@@H]1O[C@@H]1O[C@@H](C)[C@@H](OCc2ccccc2)[C@@H](OCc2ccccc2)[C@@H]1OCc1ccccc1. The Morgan fingerprint density at radius 1 is 0.236 bits per heavy atom. The van der Waals surface area contributed by atoms with E-state index in [1.807, 2.05) is 347 Å². The number of benzene rings is 11. The molecular weight excluding hydrogens is 1560 g/mol. The number of ether oxygens (including phenoxy) is 18. The minimum atomic E-state index is -1.55. The molecule has 11 aromatic rings. The van der Waals surface area contributed by atoms with E-state index in [4.69, 9.17) is 85.3 Å². The average molecular weight is 1670 g/mol. The summed E-state index contributed by atoms with van der Waals surface area (Å²) >= 11 is 0. The molecule has 20 nitrogen and oxygen atoms in total. The lowest BCUT2D eigenvalue weighted by atomic mass is 9.93. The summed E-state index contributed by atoms with van der Waals surface area (Å²) in [5, 5.41) is 3.29. The number of hydrogen-bond acceptors (Lipinski definition) is 19. The smallest absolute Gasteiger partial charge is 0.217 e. The van der Waals surface area contributed by atoms with Gasteiger partial charge in [0.25, 0.3) is 0 Å². The van der Waals surface area contributed by atoms with Crippen molar-refractivity contribution in [1.29, 1.82) is 0 Å². The molecule has 642 valence electrons. The van der Waals surface area contributed by atoms with Crippen molar-refractivity contribution in [3.63, 3.8) is 0 Å². The minimum absolute atomic E-state index is 0.0473. The molecule has 0 radical (unpaired) electrons. The summed E-state index contributed by atoms with van der Waals surface area (Å²) in [7, 11) is 0. The van der Waals surface area contributed by atoms with Gasteiger partial charge in [0.15, 0.2) is 25.2 Å². The van der Waals surface area contributed by atoms with Crippen LogP contribution >= 0.6 is 0 Å². The van der Waals surface area contributed by atoms with Gasteiger partial charge in [-0.2, -0.15) is 0 Å². The van der Waals surface area contributed by atoms with Crippen LogP contribution in [0.4, 0.5) is 0 Å². The van der Waals surface area contributed by atoms with Crippen molar-refractivity contribution >= 4 is 5.91 Å². The maximum Gasteiger partial charge on any atom is 0.217 e. The highest BCUT2D eigenvalue weighted by molar-refractivity contribution is 5.73. The first-order valence-corrected chi connectivity index (χ1v) is 42.6. The summed E-state index contributed by atoms with van der Waals surface area (Å²) < 4.78 is 133. The fraction of sp³-hybridized carbons (Fsp3) is 0.350. The lowest BCUT2D eigenvalue weighted by molar-refractivity contribution is -0.403. The van der Waals surface area contributed by atoms with Crippen LogP contribution in [-0.4, -0.2) is 142 Å². The first-order valence-electron chi connectivity index (χ1n) is 42.6. The van der Waals surface area contributed by atoms with Gasteiger partial charge in [-0.05, 0) is 75.0 Å². The zero-order valence-electron chi connectivity index (χ0n) is 69.8. The average Bonchev–Trinajstić information content (AvgIpc) is 0.756. The number of nitrogens with one attached hydrogen (secondary N) is 1. The van der Waals surface area contributed by atoms with E-state index in [-0.39, 0.29) is 85.9 Å². The second-order valence-electron chi connectivity index (χ2n) is 31.4. The monoisotopic (exact) mass is 1670 g/mol. The Morgan fingerprint density at radius 2 is 0.455 bits per heavy atom. The molecule has 1 unspecified atom stereocenters. The Hall–Kier alpha value is -9.83. The van der Waals surface area contributed by atoms with Gasteiger partial charge in [0.1, 0.15) is 85.4 Å². The number of hydrogen-bond donors (Lipinski definition) is 1. The largest absolute Gasteiger partial charge is 0.374 e. The standard InChI is InChI=1S/C103H111NO19/c1-72-89(108-61-77-41-19-6-20-42-77)94(111-64-80-47-25-9-26-48-80)97(114-67-83-53-31-12-32-54-83)101(117-72)122-93-88(104-74(3)105)100(116-69-85-57-35-14-36-58-85)119-87(71-107-60-76-39-17-5-18-40-76)92(93)121-103-99(96(113-66-82-51-29-11-30-52-82)91(110-63-79-45-23-8-24-46-79)86(120-103)70-106-59-75-37-15-4-16-38-75)123-102-98(115-68-84-55-33-13-34-56-84)95(112-65-81-49-27-10-28-50-81)90(73(2)118-102)109-62-78-43-21-7-22-44-78/h4-58,72-73,86-103H,59-71H2,1-3H3,(H,104,105)/t72-,73-,86+,87+,88+,89+,90+,91-,92+,93+,94+,95+,96-,97-,98-,99+,100?,101-,102-,103-/m0/s1. The van der Waals surface area contributed by atoms with Crippen molar-refractivity contribution in [3.05, 3.63) is 395 Å². The van der Waals surface area contributed by atoms with Gasteiger partial charge in [0.2, 0.25) is 5.91 Å². The minimum Gasteiger partial charge on any atom is -0.374 e. The fourth-order valence-electron chi connectivity index (χ4n) is 16.0. The quantitative estimate of drug-likeness (QED) is 0.0379. The molecule has 20 heteroatoms. The van der Waals surface area contributed by atoms with Crippen LogP contribution in [-0.2, 0) is 163 Å². The van der Waals surface area contributed by atoms with E-state index in [0.29, 0.717) is 0 Å². The van der Waals surface area contributed by atoms with Crippen LogP contribution in [0.1, 0.15) is 82.0 Å². The van der Waals surface area contributed by atoms with Crippen LogP contribution < -0.4 is 5.32 Å². The molecule has 4 aliphatic heterocycles. The van der Waals surface area contributed by atoms with Gasteiger partial charge in [-0.3, -0.25) is 4.79 Å². The van der Waals surface area contributed by atoms with Gasteiger partial charge in [0.05, 0.1) is 98.1 Å². The van der Waals surface area contributed by atoms with Gasteiger partial charge in [-0.15, -0.1) is 0 Å². The first kappa shape index (κ1) is 88.0. The van der Waals surface area contributed by atoms with Gasteiger partial charge >= 0.3 is 0 Å². The molecule has 0 saturated carbocycles. The Labute approximate surface area is 721 Å². The van der Waals surface area contributed by atoms with Crippen LogP contribution in [0.5, 0.6) is 0 Å². The summed E-state index contributed by atoms with van der Waals surface area (Å²) in [6, 6.07) is 108. The van der Waals surface area contributed by atoms with Crippen LogP contribution in [0.3, 0.4) is 0 Å². The van der Waals surface area contributed by atoms with E-state index >= 15 is 0 Å². The van der Waals surface area contributed by atoms with Crippen LogP contribution in [0.15, 0.2) is 334 Å². The number of carbonyl (C=O) groups is 1. The predicted molar refractivity (Wildman–Crippen MR) is 462 cm³/mol. The molecule has 4 aliphatic rings. The molecule has 4 saturated heterocycles. The topological polar surface area (TPSA) is 195 Å². The Bertz CT molecular complexity index is 4790. The van der Waals surface area contributed by atoms with Crippen molar-refractivity contribution in [2.45, 2.75) is 216 Å². The zero-order chi connectivity index (χ0) is 84.0. The fourth-order valence-corrected chi connectivity index (χ4v) is 16.0. The summed E-state index contributed by atoms with van der Waals surface area (Å²) in [5.74, 6) is -0.435. The van der Waals surface area contributed by atoms with E-state index in [1.54, 1.807) is 0 Å². The van der Waals surface area contributed by atoms with E-state index in [9.17, 15) is 4.79 Å². The van der Waals surface area contributed by atoms with Crippen LogP contribution in [0.2, 0.25) is 0 Å². The normalized spacial score (nSPS) is 26.5. The third-order valence-electron chi connectivity index (χ3n) is 22.3. The van der Waals surface area contributed by atoms with Crippen LogP contribution in [0.25, 0.3) is 0 Å². The van der Waals surface area contributed by atoms with E-state index in [1.165, 1.54) is 6.92 Å². The molecular formula is C103H111NO19. The summed E-state index contributed by atoms with van der Waals surface area (Å²) in [4.78, 5) is 14.6. The molecule has 123 heavy (non-hydrogen) atoms. The summed E-state index contributed by atoms with van der Waals surface area (Å²) in [6.45, 7) is 6.70. The summed E-state index contributed by atoms with van der Waals surface area (Å²) in [5.41, 5.74) is 9.89. The Morgan fingerprint density at radius 3 is 0.756 bits per heavy atom. The number of rotatable bonds is 42. The second kappa shape index (κ2) is 46.2. The van der Waals surface area contributed by atoms with E-state index in [2.05, 4.69) is 5.32 Å². The first-order chi connectivity index (χ1) is 60.6. The number of amides is 1. The van der Waals surface area contributed by atoms with E-state index in [0.717, 1.165) is 61.2 Å². The van der Waals surface area contributed by atoms with Gasteiger partial charge in [-0.25, -0.2) is 0 Å². The third kappa shape index (κ3) is 25.5. The van der Waals surface area contributed by atoms with Crippen LogP contribution in [0, 0.1) is 0 Å². The van der Waals surface area contributed by atoms with Gasteiger partial charge in [-0.1, -0.05) is 334 Å². The molecule has 11 aromatic carbocycles. The summed E-state index contributed by atoms with van der Waals surface area (Å²) in [6.07, 6.45) is -20.7. The molecule has 0 spiro atoms. The maximum atomic E-state index is 14.6. The molecule has 1 N–H and O–H groups in total. The Kier molecular flexibility index (Phi) is 33.1. The molecule has 1 amide bonds. The molecule has 0 aromatic heterocycles. The molecule has 0 aliphatic carbocycles. The highest BCUT2D eigenvalue weighted by Crippen LogP contribution is 2.42. The zero-order valence-corrected chi connectivity index (χ0v) is 69.8. The van der Waals surface area contributed by atoms with Crippen molar-refractivity contribution in [2.24, 2.45) is 0 Å². The molecule has 4 fully saturated rings. The van der Waals surface area contributed by atoms with Gasteiger partial charge in [0, 0.05) is 6.92 Å². The predicted octanol–water partition coefficient (Wildman–Crippen LogP) is 16.9. The third-order valence-corrected chi connectivity index (χ3v) is 22.3. The van der Waals surface area contributed by atoms with Crippen molar-refractivity contribution < 1.29 is 90.1 Å². The molecule has 15 rings (SSSR count). The Balaban J connectivity index is 0.897. The van der Waals surface area contributed by atoms with Gasteiger partial charge < -0.3 is 90.6 Å². The molecule has 0 bridgehead atoms. The van der Waals surface area contributed by atoms with Crippen molar-refractivity contribution in [3.8, 4) is 0 Å². The molecule has 4 heterocycles. The highest BCUT2D eigenvalue weighted by Gasteiger charge is 2.59. The van der Waals surface area contributed by atoms with Crippen molar-refractivity contribution in [2.75, 3.05) is 13.2 Å². The maximum absolute atomic E-state index is 14.6. The highest BCUT2D eigenvalue weighted by atomic mass is 16.8. The lowest BCUT2D eigenvalue weighted by Crippen LogP contribution is -2.70. The van der Waals surface area contributed by atoms with Crippen molar-refractivity contribution in [1.82, 2.24) is 5.32 Å². The lowest BCUT2D eigenvalue weighted by Gasteiger charge is -2.53. The number of carbonyl (C=O) groups excluding carboxylic acids is 1.